The van der Waals surface area contributed by atoms with Crippen molar-refractivity contribution in [3.05, 3.63) is 71.2 Å². The Hall–Kier alpha value is -3.35. The lowest BCUT2D eigenvalue weighted by Gasteiger charge is -2.23. The van der Waals surface area contributed by atoms with Gasteiger partial charge in [0.25, 0.3) is 0 Å². The number of carbonyl (C=O) groups is 1. The predicted octanol–water partition coefficient (Wildman–Crippen LogP) is 5.66. The van der Waals surface area contributed by atoms with Crippen LogP contribution in [0.2, 0.25) is 0 Å². The van der Waals surface area contributed by atoms with E-state index < -0.39 is 17.7 Å². The number of carboxylic acids is 1. The summed E-state index contributed by atoms with van der Waals surface area (Å²) in [4.78, 5) is 24.7. The largest absolute Gasteiger partial charge is 0.484 e. The normalized spacial score (nSPS) is 19.4. The number of aliphatic carboxylic acids is 1. The van der Waals surface area contributed by atoms with E-state index in [1.54, 1.807) is 32.3 Å². The number of halogens is 1. The summed E-state index contributed by atoms with van der Waals surface area (Å²) in [5, 5.41) is 9.63. The molecule has 0 spiro atoms. The number of hydrogen-bond donors (Lipinski definition) is 1. The monoisotopic (exact) mass is 461 g/mol. The second-order valence-corrected chi connectivity index (χ2v) is 9.49. The van der Waals surface area contributed by atoms with Crippen LogP contribution >= 0.6 is 0 Å². The Morgan fingerprint density at radius 1 is 1.12 bits per heavy atom. The van der Waals surface area contributed by atoms with Gasteiger partial charge >= 0.3 is 5.97 Å². The number of aryl methyl sites for hydroxylation is 2. The molecule has 6 nitrogen and oxygen atoms in total. The molecule has 0 saturated heterocycles. The lowest BCUT2D eigenvalue weighted by atomic mass is 9.82. The van der Waals surface area contributed by atoms with Crippen LogP contribution in [0.5, 0.6) is 5.75 Å². The highest BCUT2D eigenvalue weighted by molar-refractivity contribution is 5.71. The molecule has 3 atom stereocenters. The predicted molar refractivity (Wildman–Crippen MR) is 125 cm³/mol. The van der Waals surface area contributed by atoms with Crippen LogP contribution in [0.25, 0.3) is 11.3 Å². The third-order valence-electron chi connectivity index (χ3n) is 6.99. The van der Waals surface area contributed by atoms with Crippen molar-refractivity contribution in [2.24, 2.45) is 11.8 Å². The molecule has 0 bridgehead atoms. The Kier molecular flexibility index (Phi) is 6.02. The number of ether oxygens (including phenoxy) is 1. The van der Waals surface area contributed by atoms with Gasteiger partial charge in [-0.1, -0.05) is 19.1 Å². The third-order valence-corrected chi connectivity index (χ3v) is 6.99. The highest BCUT2D eigenvalue weighted by Gasteiger charge is 2.39. The number of benzene rings is 1. The van der Waals surface area contributed by atoms with E-state index in [0.717, 1.165) is 49.0 Å². The minimum Gasteiger partial charge on any atom is -0.484 e. The highest BCUT2D eigenvalue weighted by atomic mass is 19.1. The van der Waals surface area contributed by atoms with E-state index >= 15 is 0 Å². The lowest BCUT2D eigenvalue weighted by molar-refractivity contribution is -0.142. The fraction of sp³-hybridized carbons (Fsp3) is 0.407. The van der Waals surface area contributed by atoms with Gasteiger partial charge in [-0.3, -0.25) is 19.7 Å². The first-order chi connectivity index (χ1) is 16.4. The summed E-state index contributed by atoms with van der Waals surface area (Å²) < 4.78 is 20.6. The number of aromatic nitrogens is 3. The van der Waals surface area contributed by atoms with Crippen LogP contribution in [0, 0.1) is 24.6 Å². The lowest BCUT2D eigenvalue weighted by Crippen LogP contribution is -2.20. The maximum absolute atomic E-state index is 14.2. The Balaban J connectivity index is 1.41. The summed E-state index contributed by atoms with van der Waals surface area (Å²) in [6.45, 7) is 3.60. The molecule has 1 unspecified atom stereocenters. The zero-order valence-electron chi connectivity index (χ0n) is 19.4. The van der Waals surface area contributed by atoms with Crippen LogP contribution in [-0.4, -0.2) is 26.0 Å². The summed E-state index contributed by atoms with van der Waals surface area (Å²) in [7, 11) is 0. The molecule has 5 rings (SSSR count). The molecule has 34 heavy (non-hydrogen) atoms. The van der Waals surface area contributed by atoms with Gasteiger partial charge in [0.2, 0.25) is 0 Å². The topological polar surface area (TPSA) is 85.2 Å². The van der Waals surface area contributed by atoms with Gasteiger partial charge < -0.3 is 9.84 Å². The van der Waals surface area contributed by atoms with E-state index in [0.29, 0.717) is 28.6 Å². The molecule has 2 aliphatic rings. The fourth-order valence-electron chi connectivity index (χ4n) is 4.95. The standard InChI is InChI=1S/C27H28FN3O3/c1-15-10-20(21(28)12-29-15)22-13-31-23(14-30-22)24-5-3-4-17-6-9-19(11-25(17)34-24)26(18-7-8-18)16(2)27(32)33/h6,9-14,16,18,24,26H,3-5,7-8H2,1-2H3,(H,32,33)/t16-,24?,26-/m0/s1. The SMILES string of the molecule is Cc1cc(-c2cnc(C3CCCc4ccc([C@H](C5CC5)[C@H](C)C(=O)O)cc4O3)cn2)c(F)cn1. The van der Waals surface area contributed by atoms with Gasteiger partial charge in [0, 0.05) is 11.3 Å². The van der Waals surface area contributed by atoms with Gasteiger partial charge in [-0.2, -0.15) is 0 Å². The highest BCUT2D eigenvalue weighted by Crippen LogP contribution is 2.48. The zero-order chi connectivity index (χ0) is 23.8. The minimum absolute atomic E-state index is 0.00843. The van der Waals surface area contributed by atoms with E-state index in [-0.39, 0.29) is 12.0 Å². The number of carboxylic acid groups (broad SMARTS) is 1. The summed E-state index contributed by atoms with van der Waals surface area (Å²) in [6.07, 6.45) is 8.93. The molecular formula is C27H28FN3O3. The molecule has 1 aromatic carbocycles. The molecule has 1 aliphatic carbocycles. The van der Waals surface area contributed by atoms with E-state index in [2.05, 4.69) is 27.1 Å². The van der Waals surface area contributed by atoms with E-state index in [1.807, 2.05) is 6.07 Å². The van der Waals surface area contributed by atoms with Crippen LogP contribution < -0.4 is 4.74 Å². The number of rotatable bonds is 6. The van der Waals surface area contributed by atoms with Gasteiger partial charge in [-0.25, -0.2) is 4.39 Å². The number of pyridine rings is 1. The quantitative estimate of drug-likeness (QED) is 0.510. The average molecular weight is 462 g/mol. The zero-order valence-corrected chi connectivity index (χ0v) is 19.4. The average Bonchev–Trinajstić information content (AvgIpc) is 3.68. The van der Waals surface area contributed by atoms with Gasteiger partial charge in [0.15, 0.2) is 5.82 Å². The van der Waals surface area contributed by atoms with Crippen molar-refractivity contribution < 1.29 is 19.0 Å². The Bertz CT molecular complexity index is 1210. The molecule has 0 amide bonds. The van der Waals surface area contributed by atoms with E-state index in [9.17, 15) is 14.3 Å². The first kappa shape index (κ1) is 22.4. The van der Waals surface area contributed by atoms with E-state index in [4.69, 9.17) is 4.74 Å². The Morgan fingerprint density at radius 2 is 1.94 bits per heavy atom. The third kappa shape index (κ3) is 4.52. The summed E-state index contributed by atoms with van der Waals surface area (Å²) >= 11 is 0. The summed E-state index contributed by atoms with van der Waals surface area (Å²) in [5.41, 5.74) is 4.40. The minimum atomic E-state index is -0.762. The van der Waals surface area contributed by atoms with Crippen molar-refractivity contribution in [3.8, 4) is 17.0 Å². The second-order valence-electron chi connectivity index (χ2n) is 9.49. The second kappa shape index (κ2) is 9.12. The first-order valence-corrected chi connectivity index (χ1v) is 11.9. The summed E-state index contributed by atoms with van der Waals surface area (Å²) in [5.74, 6) is -0.428. The van der Waals surface area contributed by atoms with Crippen LogP contribution in [0.3, 0.4) is 0 Å². The van der Waals surface area contributed by atoms with Gasteiger partial charge in [0.05, 0.1) is 35.9 Å². The van der Waals surface area contributed by atoms with Crippen LogP contribution in [0.4, 0.5) is 4.39 Å². The molecule has 0 radical (unpaired) electrons. The molecule has 7 heteroatoms. The molecule has 3 heterocycles. The maximum Gasteiger partial charge on any atom is 0.306 e. The number of fused-ring (bicyclic) bond motifs is 1. The van der Waals surface area contributed by atoms with Crippen molar-refractivity contribution in [1.29, 1.82) is 0 Å². The Labute approximate surface area is 198 Å². The maximum atomic E-state index is 14.2. The van der Waals surface area contributed by atoms with Crippen molar-refractivity contribution in [1.82, 2.24) is 15.0 Å². The first-order valence-electron chi connectivity index (χ1n) is 11.9. The van der Waals surface area contributed by atoms with Gasteiger partial charge in [-0.05, 0) is 74.1 Å². The van der Waals surface area contributed by atoms with E-state index in [1.165, 1.54) is 6.20 Å². The van der Waals surface area contributed by atoms with Crippen molar-refractivity contribution >= 4 is 5.97 Å². The molecule has 176 valence electrons. The van der Waals surface area contributed by atoms with Crippen LogP contribution in [0.15, 0.2) is 42.9 Å². The number of nitrogens with zero attached hydrogens (tertiary/aromatic N) is 3. The Morgan fingerprint density at radius 3 is 2.65 bits per heavy atom. The van der Waals surface area contributed by atoms with Crippen molar-refractivity contribution in [3.63, 3.8) is 0 Å². The number of hydrogen-bond acceptors (Lipinski definition) is 5. The molecule has 3 aromatic rings. The molecule has 1 saturated carbocycles. The molecule has 1 N–H and O–H groups in total. The summed E-state index contributed by atoms with van der Waals surface area (Å²) in [6, 6.07) is 7.85. The van der Waals surface area contributed by atoms with Crippen LogP contribution in [0.1, 0.15) is 67.1 Å². The van der Waals surface area contributed by atoms with Crippen molar-refractivity contribution in [2.45, 2.75) is 58.0 Å². The van der Waals surface area contributed by atoms with Gasteiger partial charge in [0.1, 0.15) is 11.9 Å². The molecule has 2 aromatic heterocycles. The smallest absolute Gasteiger partial charge is 0.306 e. The molecular weight excluding hydrogens is 433 g/mol. The molecule has 1 fully saturated rings. The fourth-order valence-corrected chi connectivity index (χ4v) is 4.95. The van der Waals surface area contributed by atoms with Gasteiger partial charge in [-0.15, -0.1) is 0 Å². The van der Waals surface area contributed by atoms with Crippen molar-refractivity contribution in [2.75, 3.05) is 0 Å². The molecule has 1 aliphatic heterocycles. The van der Waals surface area contributed by atoms with Crippen LogP contribution in [-0.2, 0) is 11.2 Å².